The van der Waals surface area contributed by atoms with Crippen LogP contribution in [0.2, 0.25) is 0 Å². The number of alkyl halides is 3. The molecule has 1 N–H and O–H groups in total. The van der Waals surface area contributed by atoms with Crippen LogP contribution in [0, 0.1) is 5.82 Å². The Balaban J connectivity index is 2.28. The molecule has 1 heterocycles. The van der Waals surface area contributed by atoms with Gasteiger partial charge in [0.05, 0.1) is 11.7 Å². The molecule has 1 aromatic carbocycles. The number of aliphatic hydroxyl groups is 1. The molecule has 0 spiro atoms. The second-order valence-electron chi connectivity index (χ2n) is 4.18. The molecule has 1 atom stereocenters. The van der Waals surface area contributed by atoms with Crippen LogP contribution >= 0.6 is 27.3 Å². The Hall–Kier alpha value is -0.920. The van der Waals surface area contributed by atoms with E-state index in [0.717, 1.165) is 21.5 Å². The van der Waals surface area contributed by atoms with E-state index in [9.17, 15) is 22.7 Å². The van der Waals surface area contributed by atoms with Crippen molar-refractivity contribution in [3.63, 3.8) is 0 Å². The first-order valence-corrected chi connectivity index (χ1v) is 7.22. The molecule has 0 aliphatic carbocycles. The van der Waals surface area contributed by atoms with Crippen LogP contribution in [0.1, 0.15) is 22.1 Å². The Kier molecular flexibility index (Phi) is 4.51. The summed E-state index contributed by atoms with van der Waals surface area (Å²) in [4.78, 5) is 0.787. The normalized spacial score (nSPS) is 13.5. The molecule has 2 rings (SSSR count). The van der Waals surface area contributed by atoms with Crippen molar-refractivity contribution in [2.75, 3.05) is 0 Å². The van der Waals surface area contributed by atoms with Crippen molar-refractivity contribution >= 4 is 27.3 Å². The first kappa shape index (κ1) is 15.5. The van der Waals surface area contributed by atoms with Crippen molar-refractivity contribution < 1.29 is 22.7 Å². The van der Waals surface area contributed by atoms with Gasteiger partial charge in [0, 0.05) is 15.8 Å². The Morgan fingerprint density at radius 2 is 1.95 bits per heavy atom. The first-order valence-electron chi connectivity index (χ1n) is 5.55. The first-order chi connectivity index (χ1) is 9.27. The quantitative estimate of drug-likeness (QED) is 0.760. The molecule has 2 aromatic rings. The van der Waals surface area contributed by atoms with Crippen molar-refractivity contribution in [3.05, 3.63) is 55.9 Å². The Morgan fingerprint density at radius 3 is 2.50 bits per heavy atom. The molecule has 0 radical (unpaired) electrons. The summed E-state index contributed by atoms with van der Waals surface area (Å²) in [5.74, 6) is -1.01. The smallest absolute Gasteiger partial charge is 0.388 e. The van der Waals surface area contributed by atoms with Crippen LogP contribution in [0.3, 0.4) is 0 Å². The van der Waals surface area contributed by atoms with Crippen molar-refractivity contribution in [3.8, 4) is 0 Å². The number of hydrogen-bond acceptors (Lipinski definition) is 2. The van der Waals surface area contributed by atoms with Crippen LogP contribution < -0.4 is 0 Å². The van der Waals surface area contributed by atoms with Gasteiger partial charge in [-0.15, -0.1) is 11.3 Å². The molecule has 0 bridgehead atoms. The molecule has 0 saturated carbocycles. The maximum Gasteiger partial charge on any atom is 0.416 e. The molecular weight excluding hydrogens is 360 g/mol. The van der Waals surface area contributed by atoms with Crippen molar-refractivity contribution in [1.29, 1.82) is 0 Å². The van der Waals surface area contributed by atoms with Gasteiger partial charge in [-0.3, -0.25) is 0 Å². The second kappa shape index (κ2) is 5.83. The average molecular weight is 369 g/mol. The SMILES string of the molecule is OC(Cc1sccc1Br)c1cc(F)cc(C(F)(F)F)c1. The van der Waals surface area contributed by atoms with Gasteiger partial charge in [-0.1, -0.05) is 0 Å². The summed E-state index contributed by atoms with van der Waals surface area (Å²) < 4.78 is 51.8. The lowest BCUT2D eigenvalue weighted by molar-refractivity contribution is -0.137. The van der Waals surface area contributed by atoms with E-state index in [2.05, 4.69) is 15.9 Å². The number of benzene rings is 1. The molecule has 0 amide bonds. The fourth-order valence-corrected chi connectivity index (χ4v) is 3.29. The number of halogens is 5. The summed E-state index contributed by atoms with van der Waals surface area (Å²) in [6.45, 7) is 0. The molecule has 20 heavy (non-hydrogen) atoms. The monoisotopic (exact) mass is 368 g/mol. The van der Waals surface area contributed by atoms with E-state index in [4.69, 9.17) is 0 Å². The Labute approximate surface area is 125 Å². The highest BCUT2D eigenvalue weighted by Crippen LogP contribution is 2.33. The molecule has 7 heteroatoms. The predicted molar refractivity (Wildman–Crippen MR) is 72.1 cm³/mol. The number of rotatable bonds is 3. The standard InChI is InChI=1S/C13H9BrF4OS/c14-10-1-2-20-12(10)6-11(19)7-3-8(13(16,17)18)5-9(15)4-7/h1-5,11,19H,6H2. The van der Waals surface area contributed by atoms with E-state index in [1.807, 2.05) is 0 Å². The lowest BCUT2D eigenvalue weighted by Gasteiger charge is -2.14. The molecule has 1 nitrogen and oxygen atoms in total. The minimum absolute atomic E-state index is 0.0855. The van der Waals surface area contributed by atoms with Gasteiger partial charge in [0.2, 0.25) is 0 Å². The summed E-state index contributed by atoms with van der Waals surface area (Å²) >= 11 is 4.64. The van der Waals surface area contributed by atoms with Gasteiger partial charge < -0.3 is 5.11 Å². The van der Waals surface area contributed by atoms with Crippen molar-refractivity contribution in [1.82, 2.24) is 0 Å². The van der Waals surface area contributed by atoms with Crippen LogP contribution in [-0.2, 0) is 12.6 Å². The largest absolute Gasteiger partial charge is 0.416 e. The third-order valence-corrected chi connectivity index (χ3v) is 4.65. The highest BCUT2D eigenvalue weighted by molar-refractivity contribution is 9.10. The lowest BCUT2D eigenvalue weighted by atomic mass is 10.0. The van der Waals surface area contributed by atoms with Crippen LogP contribution in [0.15, 0.2) is 34.1 Å². The second-order valence-corrected chi connectivity index (χ2v) is 6.04. The van der Waals surface area contributed by atoms with Crippen LogP contribution in [0.25, 0.3) is 0 Å². The molecule has 1 unspecified atom stereocenters. The van der Waals surface area contributed by atoms with Gasteiger partial charge in [-0.25, -0.2) is 4.39 Å². The molecule has 0 saturated heterocycles. The Morgan fingerprint density at radius 1 is 1.25 bits per heavy atom. The molecule has 0 aliphatic heterocycles. The molecule has 108 valence electrons. The van der Waals surface area contributed by atoms with E-state index >= 15 is 0 Å². The fraction of sp³-hybridized carbons (Fsp3) is 0.231. The predicted octanol–water partition coefficient (Wildman–Crippen LogP) is 4.94. The van der Waals surface area contributed by atoms with E-state index in [1.165, 1.54) is 11.3 Å². The van der Waals surface area contributed by atoms with E-state index in [0.29, 0.717) is 6.07 Å². The summed E-state index contributed by atoms with van der Waals surface area (Å²) in [5.41, 5.74) is -1.19. The maximum absolute atomic E-state index is 13.3. The highest BCUT2D eigenvalue weighted by atomic mass is 79.9. The summed E-state index contributed by atoms with van der Waals surface area (Å²) in [6.07, 6.45) is -5.71. The van der Waals surface area contributed by atoms with Gasteiger partial charge in [-0.05, 0) is 51.1 Å². The van der Waals surface area contributed by atoms with E-state index in [-0.39, 0.29) is 12.0 Å². The summed E-state index contributed by atoms with van der Waals surface area (Å²) in [7, 11) is 0. The van der Waals surface area contributed by atoms with E-state index < -0.39 is 23.7 Å². The van der Waals surface area contributed by atoms with Gasteiger partial charge in [0.25, 0.3) is 0 Å². The van der Waals surface area contributed by atoms with Gasteiger partial charge in [0.15, 0.2) is 0 Å². The molecular formula is C13H9BrF4OS. The van der Waals surface area contributed by atoms with Gasteiger partial charge in [0.1, 0.15) is 5.82 Å². The number of hydrogen-bond donors (Lipinski definition) is 1. The summed E-state index contributed by atoms with van der Waals surface area (Å²) in [5, 5.41) is 11.8. The Bertz CT molecular complexity index is 609. The minimum atomic E-state index is -4.64. The third kappa shape index (κ3) is 3.59. The topological polar surface area (TPSA) is 20.2 Å². The van der Waals surface area contributed by atoms with Gasteiger partial charge in [-0.2, -0.15) is 13.2 Å². The molecule has 0 aliphatic rings. The van der Waals surface area contributed by atoms with Crippen LogP contribution in [0.5, 0.6) is 0 Å². The third-order valence-electron chi connectivity index (χ3n) is 2.70. The number of aliphatic hydroxyl groups excluding tert-OH is 1. The van der Waals surface area contributed by atoms with Gasteiger partial charge >= 0.3 is 6.18 Å². The summed E-state index contributed by atoms with van der Waals surface area (Å²) in [6, 6.07) is 3.88. The van der Waals surface area contributed by atoms with Crippen molar-refractivity contribution in [2.24, 2.45) is 0 Å². The maximum atomic E-state index is 13.3. The molecule has 0 fully saturated rings. The fourth-order valence-electron chi connectivity index (χ4n) is 1.73. The van der Waals surface area contributed by atoms with E-state index in [1.54, 1.807) is 11.4 Å². The van der Waals surface area contributed by atoms with Crippen molar-refractivity contribution in [2.45, 2.75) is 18.7 Å². The van der Waals surface area contributed by atoms with Crippen LogP contribution in [0.4, 0.5) is 17.6 Å². The number of thiophene rings is 1. The van der Waals surface area contributed by atoms with Crippen LogP contribution in [-0.4, -0.2) is 5.11 Å². The zero-order valence-corrected chi connectivity index (χ0v) is 12.3. The average Bonchev–Trinajstić information content (AvgIpc) is 2.73. The highest BCUT2D eigenvalue weighted by Gasteiger charge is 2.32. The zero-order chi connectivity index (χ0) is 14.9. The molecule has 1 aromatic heterocycles. The zero-order valence-electron chi connectivity index (χ0n) is 9.92. The minimum Gasteiger partial charge on any atom is -0.388 e. The lowest BCUT2D eigenvalue weighted by Crippen LogP contribution is -2.09.